The molecule has 1 amide bonds. The number of nitrogens with zero attached hydrogens (tertiary/aromatic N) is 3. The van der Waals surface area contributed by atoms with Crippen molar-refractivity contribution in [1.82, 2.24) is 9.66 Å². The van der Waals surface area contributed by atoms with Crippen molar-refractivity contribution < 1.29 is 27.1 Å². The van der Waals surface area contributed by atoms with E-state index in [9.17, 15) is 27.2 Å². The maximum absolute atomic E-state index is 13.8. The quantitative estimate of drug-likeness (QED) is 0.143. The summed E-state index contributed by atoms with van der Waals surface area (Å²) in [5, 5.41) is 6.94. The summed E-state index contributed by atoms with van der Waals surface area (Å²) < 4.78 is 60.9. The topological polar surface area (TPSA) is 85.6 Å². The van der Waals surface area contributed by atoms with Crippen molar-refractivity contribution in [2.45, 2.75) is 6.18 Å². The zero-order valence-corrected chi connectivity index (χ0v) is 24.0. The second kappa shape index (κ2) is 12.4. The maximum atomic E-state index is 13.8. The summed E-state index contributed by atoms with van der Waals surface area (Å²) in [6.45, 7) is -0.474. The molecule has 218 valence electrons. The van der Waals surface area contributed by atoms with Crippen molar-refractivity contribution in [2.75, 3.05) is 11.9 Å². The van der Waals surface area contributed by atoms with Gasteiger partial charge in [-0.25, -0.2) is 9.37 Å². The Kier molecular flexibility index (Phi) is 8.60. The average Bonchev–Trinajstić information content (AvgIpc) is 2.97. The SMILES string of the molecule is O=C(COc1c(Cl)cc(C=Nn2c(-c3cccc(C(F)(F)F)c3)nc3ccccc3c2=O)cc1Br)Nc1ccccc1F. The lowest BCUT2D eigenvalue weighted by Gasteiger charge is -2.13. The Labute approximate surface area is 254 Å². The van der Waals surface area contributed by atoms with Crippen molar-refractivity contribution in [3.63, 3.8) is 0 Å². The molecule has 4 aromatic carbocycles. The number of benzene rings is 4. The molecule has 0 aliphatic carbocycles. The number of nitrogens with one attached hydrogen (secondary N) is 1. The molecule has 7 nitrogen and oxygen atoms in total. The van der Waals surface area contributed by atoms with E-state index in [4.69, 9.17) is 16.3 Å². The number of halogens is 6. The second-order valence-electron chi connectivity index (χ2n) is 9.02. The summed E-state index contributed by atoms with van der Waals surface area (Å²) >= 11 is 9.71. The van der Waals surface area contributed by atoms with E-state index in [2.05, 4.69) is 31.3 Å². The van der Waals surface area contributed by atoms with Gasteiger partial charge in [-0.1, -0.05) is 48.0 Å². The molecule has 1 N–H and O–H groups in total. The predicted molar refractivity (Wildman–Crippen MR) is 159 cm³/mol. The van der Waals surface area contributed by atoms with Gasteiger partial charge in [0.05, 0.1) is 37.9 Å². The van der Waals surface area contributed by atoms with Gasteiger partial charge in [0.25, 0.3) is 11.5 Å². The van der Waals surface area contributed by atoms with Crippen LogP contribution in [-0.2, 0) is 11.0 Å². The third-order valence-electron chi connectivity index (χ3n) is 6.04. The zero-order valence-electron chi connectivity index (χ0n) is 21.7. The summed E-state index contributed by atoms with van der Waals surface area (Å²) in [5.74, 6) is -1.20. The highest BCUT2D eigenvalue weighted by Crippen LogP contribution is 2.35. The predicted octanol–water partition coefficient (Wildman–Crippen LogP) is 7.54. The molecule has 0 bridgehead atoms. The van der Waals surface area contributed by atoms with Gasteiger partial charge in [0.2, 0.25) is 0 Å². The van der Waals surface area contributed by atoms with Crippen LogP contribution in [0.5, 0.6) is 5.75 Å². The fraction of sp³-hybridized carbons (Fsp3) is 0.0667. The fourth-order valence-electron chi connectivity index (χ4n) is 4.06. The number of carbonyl (C=O) groups is 1. The van der Waals surface area contributed by atoms with Crippen LogP contribution in [0.3, 0.4) is 0 Å². The van der Waals surface area contributed by atoms with Crippen LogP contribution < -0.4 is 15.6 Å². The lowest BCUT2D eigenvalue weighted by Crippen LogP contribution is -2.21. The van der Waals surface area contributed by atoms with Gasteiger partial charge in [0.1, 0.15) is 5.82 Å². The number of hydrogen-bond donors (Lipinski definition) is 1. The Hall–Kier alpha value is -4.55. The van der Waals surface area contributed by atoms with Crippen LogP contribution in [0.25, 0.3) is 22.3 Å². The number of para-hydroxylation sites is 2. The van der Waals surface area contributed by atoms with E-state index in [1.54, 1.807) is 30.3 Å². The molecule has 0 spiro atoms. The first-order chi connectivity index (χ1) is 20.5. The standard InChI is InChI=1S/C30H18BrClF4N4O3/c31-21-12-17(13-22(32)27(21)43-16-26(41)38-25-11-4-2-9-23(25)33)15-37-40-28(18-6-5-7-19(14-18)30(34,35)36)39-24-10-3-1-8-20(24)29(40)42/h1-15H,16H2,(H,38,41). The largest absolute Gasteiger partial charge is 0.481 e. The van der Waals surface area contributed by atoms with Gasteiger partial charge in [-0.05, 0) is 70.0 Å². The number of alkyl halides is 3. The number of anilines is 1. The molecule has 0 radical (unpaired) electrons. The number of fused-ring (bicyclic) bond motifs is 1. The molecule has 0 atom stereocenters. The number of rotatable bonds is 7. The van der Waals surface area contributed by atoms with Crippen LogP contribution in [0.2, 0.25) is 5.02 Å². The van der Waals surface area contributed by atoms with Gasteiger partial charge in [0.15, 0.2) is 18.2 Å². The number of hydrogen-bond acceptors (Lipinski definition) is 5. The first-order valence-corrected chi connectivity index (χ1v) is 13.6. The lowest BCUT2D eigenvalue weighted by molar-refractivity contribution is -0.137. The minimum Gasteiger partial charge on any atom is -0.481 e. The molecule has 0 fully saturated rings. The Morgan fingerprint density at radius 1 is 1.05 bits per heavy atom. The second-order valence-corrected chi connectivity index (χ2v) is 10.3. The summed E-state index contributed by atoms with van der Waals surface area (Å²) in [6, 6.07) is 19.5. The van der Waals surface area contributed by atoms with Gasteiger partial charge in [-0.15, -0.1) is 0 Å². The van der Waals surface area contributed by atoms with Crippen LogP contribution in [0.4, 0.5) is 23.2 Å². The molecule has 0 aliphatic rings. The van der Waals surface area contributed by atoms with Crippen LogP contribution in [0.1, 0.15) is 11.1 Å². The molecule has 1 aromatic heterocycles. The lowest BCUT2D eigenvalue weighted by atomic mass is 10.1. The maximum Gasteiger partial charge on any atom is 0.416 e. The molecule has 43 heavy (non-hydrogen) atoms. The Morgan fingerprint density at radius 3 is 2.53 bits per heavy atom. The van der Waals surface area contributed by atoms with Gasteiger partial charge >= 0.3 is 6.18 Å². The third kappa shape index (κ3) is 6.76. The smallest absolute Gasteiger partial charge is 0.416 e. The molecule has 0 aliphatic heterocycles. The van der Waals surface area contributed by atoms with Gasteiger partial charge < -0.3 is 10.1 Å². The van der Waals surface area contributed by atoms with Crippen LogP contribution >= 0.6 is 27.5 Å². The molecule has 5 aromatic rings. The van der Waals surface area contributed by atoms with Crippen molar-refractivity contribution in [3.8, 4) is 17.1 Å². The monoisotopic (exact) mass is 672 g/mol. The number of amides is 1. The van der Waals surface area contributed by atoms with Crippen molar-refractivity contribution in [1.29, 1.82) is 0 Å². The minimum absolute atomic E-state index is 0.00394. The Bertz CT molecular complexity index is 1920. The van der Waals surface area contributed by atoms with Gasteiger partial charge in [-0.3, -0.25) is 9.59 Å². The van der Waals surface area contributed by atoms with E-state index >= 15 is 0 Å². The number of aromatic nitrogens is 2. The van der Waals surface area contributed by atoms with E-state index in [-0.39, 0.29) is 38.8 Å². The first-order valence-electron chi connectivity index (χ1n) is 12.4. The summed E-state index contributed by atoms with van der Waals surface area (Å²) in [5.41, 5.74) is -0.799. The highest BCUT2D eigenvalue weighted by atomic mass is 79.9. The normalized spacial score (nSPS) is 11.7. The Morgan fingerprint density at radius 2 is 1.79 bits per heavy atom. The molecule has 0 saturated carbocycles. The van der Waals surface area contributed by atoms with E-state index in [0.29, 0.717) is 10.0 Å². The van der Waals surface area contributed by atoms with E-state index in [1.807, 2.05) is 0 Å². The van der Waals surface area contributed by atoms with Crippen LogP contribution in [0, 0.1) is 5.82 Å². The van der Waals surface area contributed by atoms with Crippen LogP contribution in [-0.4, -0.2) is 28.4 Å². The minimum atomic E-state index is -4.60. The van der Waals surface area contributed by atoms with Gasteiger partial charge in [-0.2, -0.15) is 22.9 Å². The molecule has 5 rings (SSSR count). The molecule has 1 heterocycles. The first kappa shape index (κ1) is 29.9. The van der Waals surface area contributed by atoms with Crippen molar-refractivity contribution in [2.24, 2.45) is 5.10 Å². The Balaban J connectivity index is 1.45. The summed E-state index contributed by atoms with van der Waals surface area (Å²) in [6.07, 6.45) is -3.33. The summed E-state index contributed by atoms with van der Waals surface area (Å²) in [7, 11) is 0. The average molecular weight is 674 g/mol. The number of ether oxygens (including phenoxy) is 1. The molecule has 13 heteroatoms. The highest BCUT2D eigenvalue weighted by molar-refractivity contribution is 9.10. The molecule has 0 saturated heterocycles. The highest BCUT2D eigenvalue weighted by Gasteiger charge is 2.31. The van der Waals surface area contributed by atoms with E-state index < -0.39 is 35.6 Å². The van der Waals surface area contributed by atoms with Crippen LogP contribution in [0.15, 0.2) is 99.3 Å². The fourth-order valence-corrected chi connectivity index (χ4v) is 5.04. The van der Waals surface area contributed by atoms with Crippen molar-refractivity contribution in [3.05, 3.63) is 122 Å². The number of carbonyl (C=O) groups excluding carboxylic acids is 1. The van der Waals surface area contributed by atoms with E-state index in [1.165, 1.54) is 48.7 Å². The zero-order chi connectivity index (χ0) is 30.7. The molecular weight excluding hydrogens is 656 g/mol. The molecular formula is C30H18BrClF4N4O3. The van der Waals surface area contributed by atoms with Crippen molar-refractivity contribution >= 4 is 56.2 Å². The third-order valence-corrected chi connectivity index (χ3v) is 6.91. The van der Waals surface area contributed by atoms with E-state index in [0.717, 1.165) is 16.8 Å². The van der Waals surface area contributed by atoms with Gasteiger partial charge in [0, 0.05) is 5.56 Å². The molecule has 0 unspecified atom stereocenters. The summed E-state index contributed by atoms with van der Waals surface area (Å²) in [4.78, 5) is 30.1.